The summed E-state index contributed by atoms with van der Waals surface area (Å²) in [6, 6.07) is 3.82. The molecule has 0 amide bonds. The van der Waals surface area contributed by atoms with E-state index in [9.17, 15) is 0 Å². The van der Waals surface area contributed by atoms with Gasteiger partial charge in [0, 0.05) is 6.20 Å². The van der Waals surface area contributed by atoms with E-state index in [0.29, 0.717) is 5.92 Å². The van der Waals surface area contributed by atoms with Crippen LogP contribution in [0, 0.1) is 5.92 Å². The molecule has 2 rings (SSSR count). The van der Waals surface area contributed by atoms with Gasteiger partial charge in [-0.05, 0) is 31.5 Å². The molecule has 0 radical (unpaired) electrons. The summed E-state index contributed by atoms with van der Waals surface area (Å²) in [4.78, 5) is 4.01. The van der Waals surface area contributed by atoms with Crippen LogP contribution in [0.4, 0.5) is 0 Å². The van der Waals surface area contributed by atoms with Crippen molar-refractivity contribution in [2.75, 3.05) is 13.7 Å². The molecule has 0 spiro atoms. The van der Waals surface area contributed by atoms with Crippen molar-refractivity contribution < 1.29 is 4.74 Å². The van der Waals surface area contributed by atoms with Crippen molar-refractivity contribution in [3.63, 3.8) is 0 Å². The van der Waals surface area contributed by atoms with Gasteiger partial charge in [-0.25, -0.2) is 0 Å². The Balaban J connectivity index is 1.89. The van der Waals surface area contributed by atoms with Gasteiger partial charge in [-0.3, -0.25) is 4.98 Å². The Hall–Kier alpha value is -1.09. The molecule has 1 saturated carbocycles. The van der Waals surface area contributed by atoms with E-state index >= 15 is 0 Å². The lowest BCUT2D eigenvalue weighted by atomic mass is 10.2. The van der Waals surface area contributed by atoms with Gasteiger partial charge in [-0.1, -0.05) is 6.92 Å². The summed E-state index contributed by atoms with van der Waals surface area (Å²) < 4.78 is 5.67. The van der Waals surface area contributed by atoms with Crippen molar-refractivity contribution in [2.45, 2.75) is 18.9 Å². The zero-order chi connectivity index (χ0) is 10.0. The van der Waals surface area contributed by atoms with E-state index < -0.39 is 0 Å². The van der Waals surface area contributed by atoms with Crippen molar-refractivity contribution in [1.29, 1.82) is 0 Å². The number of aromatic nitrogens is 1. The first kappa shape index (κ1) is 9.46. The summed E-state index contributed by atoms with van der Waals surface area (Å²) >= 11 is 0. The van der Waals surface area contributed by atoms with Gasteiger partial charge >= 0.3 is 0 Å². The van der Waals surface area contributed by atoms with Crippen molar-refractivity contribution in [3.05, 3.63) is 24.5 Å². The zero-order valence-corrected chi connectivity index (χ0v) is 8.66. The number of hydrogen-bond donors (Lipinski definition) is 1. The van der Waals surface area contributed by atoms with E-state index in [-0.39, 0.29) is 5.54 Å². The van der Waals surface area contributed by atoms with Crippen LogP contribution in [0.3, 0.4) is 0 Å². The first-order chi connectivity index (χ1) is 6.77. The molecular weight excluding hydrogens is 176 g/mol. The van der Waals surface area contributed by atoms with Gasteiger partial charge in [-0.15, -0.1) is 0 Å². The van der Waals surface area contributed by atoms with Crippen LogP contribution in [0.2, 0.25) is 0 Å². The van der Waals surface area contributed by atoms with Crippen LogP contribution in [0.1, 0.15) is 13.3 Å². The van der Waals surface area contributed by atoms with Gasteiger partial charge in [0.2, 0.25) is 0 Å². The van der Waals surface area contributed by atoms with E-state index in [0.717, 1.165) is 12.4 Å². The molecule has 14 heavy (non-hydrogen) atoms. The molecule has 1 aliphatic carbocycles. The van der Waals surface area contributed by atoms with E-state index in [1.165, 1.54) is 6.42 Å². The minimum Gasteiger partial charge on any atom is -0.490 e. The molecule has 76 valence electrons. The molecule has 0 saturated heterocycles. The SMILES string of the molecule is CN[C@]1(COc2cccnc2)C[C@@H]1C. The number of nitrogens with one attached hydrogen (secondary N) is 1. The Kier molecular flexibility index (Phi) is 2.42. The Labute approximate surface area is 84.5 Å². The van der Waals surface area contributed by atoms with Crippen LogP contribution in [-0.2, 0) is 0 Å². The van der Waals surface area contributed by atoms with Crippen molar-refractivity contribution in [1.82, 2.24) is 10.3 Å². The van der Waals surface area contributed by atoms with Gasteiger partial charge in [0.25, 0.3) is 0 Å². The van der Waals surface area contributed by atoms with Gasteiger partial charge in [0.05, 0.1) is 11.7 Å². The number of pyridine rings is 1. The van der Waals surface area contributed by atoms with E-state index in [2.05, 4.69) is 17.2 Å². The summed E-state index contributed by atoms with van der Waals surface area (Å²) in [5.41, 5.74) is 0.204. The summed E-state index contributed by atoms with van der Waals surface area (Å²) in [6.45, 7) is 2.97. The third kappa shape index (κ3) is 1.73. The highest BCUT2D eigenvalue weighted by Crippen LogP contribution is 2.42. The molecule has 3 heteroatoms. The Morgan fingerprint density at radius 3 is 3.00 bits per heavy atom. The maximum Gasteiger partial charge on any atom is 0.137 e. The topological polar surface area (TPSA) is 34.1 Å². The lowest BCUT2D eigenvalue weighted by molar-refractivity contribution is 0.249. The summed E-state index contributed by atoms with van der Waals surface area (Å²) in [5, 5.41) is 3.33. The fourth-order valence-corrected chi connectivity index (χ4v) is 1.75. The van der Waals surface area contributed by atoms with Crippen LogP contribution in [0.25, 0.3) is 0 Å². The minimum absolute atomic E-state index is 0.204. The second kappa shape index (κ2) is 3.58. The fraction of sp³-hybridized carbons (Fsp3) is 0.545. The van der Waals surface area contributed by atoms with Crippen LogP contribution in [0.15, 0.2) is 24.5 Å². The van der Waals surface area contributed by atoms with Crippen LogP contribution in [-0.4, -0.2) is 24.2 Å². The molecule has 1 aromatic rings. The average Bonchev–Trinajstić information content (AvgIpc) is 2.89. The second-order valence-corrected chi connectivity index (χ2v) is 3.99. The highest BCUT2D eigenvalue weighted by molar-refractivity contribution is 5.17. The summed E-state index contributed by atoms with van der Waals surface area (Å²) in [5.74, 6) is 1.56. The van der Waals surface area contributed by atoms with Crippen molar-refractivity contribution in [2.24, 2.45) is 5.92 Å². The molecule has 1 fully saturated rings. The third-order valence-corrected chi connectivity index (χ3v) is 3.08. The minimum atomic E-state index is 0.204. The molecule has 1 aliphatic rings. The molecule has 0 aromatic carbocycles. The molecule has 0 bridgehead atoms. The van der Waals surface area contributed by atoms with Gasteiger partial charge < -0.3 is 10.1 Å². The normalized spacial score (nSPS) is 30.0. The molecule has 3 nitrogen and oxygen atoms in total. The largest absolute Gasteiger partial charge is 0.490 e. The molecule has 1 N–H and O–H groups in total. The molecule has 2 atom stereocenters. The molecular formula is C11H16N2O. The zero-order valence-electron chi connectivity index (χ0n) is 8.66. The standard InChI is InChI=1S/C11H16N2O/c1-9-6-11(9,12-2)8-14-10-4-3-5-13-7-10/h3-5,7,9,12H,6,8H2,1-2H3/t9-,11-/m0/s1. The maximum atomic E-state index is 5.67. The Morgan fingerprint density at radius 1 is 1.71 bits per heavy atom. The predicted molar refractivity (Wildman–Crippen MR) is 55.3 cm³/mol. The number of rotatable bonds is 4. The fourth-order valence-electron chi connectivity index (χ4n) is 1.75. The number of ether oxygens (including phenoxy) is 1. The highest BCUT2D eigenvalue weighted by Gasteiger charge is 2.50. The molecule has 0 unspecified atom stereocenters. The van der Waals surface area contributed by atoms with Gasteiger partial charge in [-0.2, -0.15) is 0 Å². The van der Waals surface area contributed by atoms with Gasteiger partial charge in [0.1, 0.15) is 12.4 Å². The number of hydrogen-bond acceptors (Lipinski definition) is 3. The predicted octanol–water partition coefficient (Wildman–Crippen LogP) is 1.46. The van der Waals surface area contributed by atoms with Crippen LogP contribution < -0.4 is 10.1 Å². The van der Waals surface area contributed by atoms with Crippen molar-refractivity contribution >= 4 is 0 Å². The van der Waals surface area contributed by atoms with Crippen LogP contribution in [0.5, 0.6) is 5.75 Å². The Morgan fingerprint density at radius 2 is 2.50 bits per heavy atom. The number of likely N-dealkylation sites (N-methyl/N-ethyl adjacent to an activating group) is 1. The molecule has 0 aliphatic heterocycles. The van der Waals surface area contributed by atoms with E-state index in [4.69, 9.17) is 4.74 Å². The van der Waals surface area contributed by atoms with Gasteiger partial charge in [0.15, 0.2) is 0 Å². The highest BCUT2D eigenvalue weighted by atomic mass is 16.5. The average molecular weight is 192 g/mol. The van der Waals surface area contributed by atoms with Crippen molar-refractivity contribution in [3.8, 4) is 5.75 Å². The summed E-state index contributed by atoms with van der Waals surface area (Å²) in [7, 11) is 2.00. The van der Waals surface area contributed by atoms with E-state index in [1.807, 2.05) is 19.2 Å². The lowest BCUT2D eigenvalue weighted by Crippen LogP contribution is -2.36. The second-order valence-electron chi connectivity index (χ2n) is 3.99. The maximum absolute atomic E-state index is 5.67. The Bertz CT molecular complexity index is 297. The molecule has 1 aromatic heterocycles. The first-order valence-electron chi connectivity index (χ1n) is 4.98. The van der Waals surface area contributed by atoms with E-state index in [1.54, 1.807) is 12.4 Å². The van der Waals surface area contributed by atoms with Crippen LogP contribution >= 0.6 is 0 Å². The monoisotopic (exact) mass is 192 g/mol. The number of nitrogens with zero attached hydrogens (tertiary/aromatic N) is 1. The smallest absolute Gasteiger partial charge is 0.137 e. The molecule has 1 heterocycles. The lowest BCUT2D eigenvalue weighted by Gasteiger charge is -2.16. The summed E-state index contributed by atoms with van der Waals surface area (Å²) in [6.07, 6.45) is 4.70. The third-order valence-electron chi connectivity index (χ3n) is 3.08. The first-order valence-corrected chi connectivity index (χ1v) is 4.98. The quantitative estimate of drug-likeness (QED) is 0.784.